The molecule has 2 aromatic rings. The maximum Gasteiger partial charge on any atom is 0.338 e. The van der Waals surface area contributed by atoms with Gasteiger partial charge in [-0.2, -0.15) is 0 Å². The van der Waals surface area contributed by atoms with E-state index in [1.165, 1.54) is 0 Å². The largest absolute Gasteiger partial charge is 0.462 e. The molecule has 1 aromatic heterocycles. The number of hydrogen-bond acceptors (Lipinski definition) is 4. The van der Waals surface area contributed by atoms with Crippen molar-refractivity contribution in [3.05, 3.63) is 53.9 Å². The summed E-state index contributed by atoms with van der Waals surface area (Å²) in [5.74, 6) is -0.536. The fourth-order valence-electron chi connectivity index (χ4n) is 2.15. The molecule has 0 atom stereocenters. The SMILES string of the molecule is CCCOC(=O)c1ccc(NC(=O)CCn2cccc2C=O)cc1. The van der Waals surface area contributed by atoms with Crippen LogP contribution < -0.4 is 5.32 Å². The first-order valence-corrected chi connectivity index (χ1v) is 7.81. The lowest BCUT2D eigenvalue weighted by atomic mass is 10.2. The maximum atomic E-state index is 12.0. The molecule has 0 aliphatic carbocycles. The minimum atomic E-state index is -0.372. The normalized spacial score (nSPS) is 10.2. The number of hydrogen-bond donors (Lipinski definition) is 1. The molecule has 0 saturated heterocycles. The molecule has 0 spiro atoms. The number of benzene rings is 1. The highest BCUT2D eigenvalue weighted by molar-refractivity contribution is 5.93. The fourth-order valence-corrected chi connectivity index (χ4v) is 2.15. The van der Waals surface area contributed by atoms with Crippen LogP contribution in [-0.2, 0) is 16.1 Å². The van der Waals surface area contributed by atoms with Gasteiger partial charge < -0.3 is 14.6 Å². The molecule has 0 aliphatic rings. The molecule has 2 rings (SSSR count). The van der Waals surface area contributed by atoms with E-state index in [9.17, 15) is 14.4 Å². The second-order valence-corrected chi connectivity index (χ2v) is 5.26. The Hall–Kier alpha value is -2.89. The van der Waals surface area contributed by atoms with E-state index in [0.29, 0.717) is 30.1 Å². The van der Waals surface area contributed by atoms with Gasteiger partial charge in [0.2, 0.25) is 5.91 Å². The highest BCUT2D eigenvalue weighted by Crippen LogP contribution is 2.11. The van der Waals surface area contributed by atoms with Gasteiger partial charge in [-0.15, -0.1) is 0 Å². The predicted octanol–water partition coefficient (Wildman–Crippen LogP) is 2.90. The van der Waals surface area contributed by atoms with Crippen molar-refractivity contribution >= 4 is 23.9 Å². The van der Waals surface area contributed by atoms with Crippen LogP contribution in [0.25, 0.3) is 0 Å². The fraction of sp³-hybridized carbons (Fsp3) is 0.278. The van der Waals surface area contributed by atoms with Gasteiger partial charge in [0.25, 0.3) is 0 Å². The van der Waals surface area contributed by atoms with Gasteiger partial charge in [0.15, 0.2) is 6.29 Å². The van der Waals surface area contributed by atoms with Crippen LogP contribution in [0.3, 0.4) is 0 Å². The van der Waals surface area contributed by atoms with Crippen LogP contribution in [0.1, 0.15) is 40.6 Å². The van der Waals surface area contributed by atoms with Gasteiger partial charge in [-0.3, -0.25) is 9.59 Å². The van der Waals surface area contributed by atoms with Crippen LogP contribution in [0.2, 0.25) is 0 Å². The first kappa shape index (κ1) is 17.5. The van der Waals surface area contributed by atoms with Crippen LogP contribution in [0.4, 0.5) is 5.69 Å². The van der Waals surface area contributed by atoms with Crippen LogP contribution in [-0.4, -0.2) is 29.3 Å². The van der Waals surface area contributed by atoms with Gasteiger partial charge in [-0.25, -0.2) is 4.79 Å². The van der Waals surface area contributed by atoms with E-state index in [4.69, 9.17) is 4.74 Å². The first-order chi connectivity index (χ1) is 11.6. The van der Waals surface area contributed by atoms with Crippen molar-refractivity contribution in [3.8, 4) is 0 Å². The molecule has 1 amide bonds. The van der Waals surface area contributed by atoms with Gasteiger partial charge in [0.1, 0.15) is 0 Å². The lowest BCUT2D eigenvalue weighted by Crippen LogP contribution is -2.15. The van der Waals surface area contributed by atoms with Crippen molar-refractivity contribution < 1.29 is 19.1 Å². The van der Waals surface area contributed by atoms with Crippen molar-refractivity contribution in [2.24, 2.45) is 0 Å². The monoisotopic (exact) mass is 328 g/mol. The third kappa shape index (κ3) is 4.81. The topological polar surface area (TPSA) is 77.4 Å². The third-order valence-corrected chi connectivity index (χ3v) is 3.41. The Morgan fingerprint density at radius 3 is 2.62 bits per heavy atom. The zero-order chi connectivity index (χ0) is 17.4. The van der Waals surface area contributed by atoms with Crippen molar-refractivity contribution in [1.29, 1.82) is 0 Å². The van der Waals surface area contributed by atoms with Crippen molar-refractivity contribution in [2.75, 3.05) is 11.9 Å². The number of nitrogens with zero attached hydrogens (tertiary/aromatic N) is 1. The van der Waals surface area contributed by atoms with Gasteiger partial charge >= 0.3 is 5.97 Å². The molecule has 0 bridgehead atoms. The number of nitrogens with one attached hydrogen (secondary N) is 1. The second kappa shape index (κ2) is 8.67. The van der Waals surface area contributed by atoms with Crippen LogP contribution in [0, 0.1) is 0 Å². The molecule has 126 valence electrons. The number of carbonyl (C=O) groups is 3. The smallest absolute Gasteiger partial charge is 0.338 e. The van der Waals surface area contributed by atoms with E-state index in [2.05, 4.69) is 5.32 Å². The third-order valence-electron chi connectivity index (χ3n) is 3.41. The Morgan fingerprint density at radius 2 is 1.96 bits per heavy atom. The van der Waals surface area contributed by atoms with Gasteiger partial charge in [-0.1, -0.05) is 6.92 Å². The average molecular weight is 328 g/mol. The number of anilines is 1. The molecule has 1 heterocycles. The Balaban J connectivity index is 1.85. The zero-order valence-corrected chi connectivity index (χ0v) is 13.5. The molecule has 0 aliphatic heterocycles. The number of amides is 1. The first-order valence-electron chi connectivity index (χ1n) is 7.81. The molecule has 6 heteroatoms. The minimum absolute atomic E-state index is 0.165. The van der Waals surface area contributed by atoms with Gasteiger partial charge in [-0.05, 0) is 42.8 Å². The Morgan fingerprint density at radius 1 is 1.21 bits per heavy atom. The molecule has 24 heavy (non-hydrogen) atoms. The van der Waals surface area contributed by atoms with Crippen LogP contribution in [0.15, 0.2) is 42.6 Å². The van der Waals surface area contributed by atoms with Gasteiger partial charge in [0, 0.05) is 24.8 Å². The summed E-state index contributed by atoms with van der Waals surface area (Å²) >= 11 is 0. The molecule has 1 aromatic carbocycles. The summed E-state index contributed by atoms with van der Waals surface area (Å²) in [5.41, 5.74) is 1.59. The van der Waals surface area contributed by atoms with Crippen LogP contribution >= 0.6 is 0 Å². The average Bonchev–Trinajstić information content (AvgIpc) is 3.06. The number of aryl methyl sites for hydroxylation is 1. The summed E-state index contributed by atoms with van der Waals surface area (Å²) in [6, 6.07) is 10.0. The number of carbonyl (C=O) groups excluding carboxylic acids is 3. The summed E-state index contributed by atoms with van der Waals surface area (Å²) in [6.07, 6.45) is 3.53. The van der Waals surface area contributed by atoms with E-state index >= 15 is 0 Å². The lowest BCUT2D eigenvalue weighted by molar-refractivity contribution is -0.116. The van der Waals surface area contributed by atoms with Gasteiger partial charge in [0.05, 0.1) is 17.9 Å². The molecule has 1 N–H and O–H groups in total. The number of aldehydes is 1. The molecular formula is C18H20N2O4. The quantitative estimate of drug-likeness (QED) is 0.597. The summed E-state index contributed by atoms with van der Waals surface area (Å²) in [7, 11) is 0. The molecule has 0 fully saturated rings. The standard InChI is InChI=1S/C18H20N2O4/c1-2-12-24-18(23)14-5-7-15(8-6-14)19-17(22)9-11-20-10-3-4-16(20)13-21/h3-8,10,13H,2,9,11-12H2,1H3,(H,19,22). The van der Waals surface area contributed by atoms with Crippen molar-refractivity contribution in [1.82, 2.24) is 4.57 Å². The molecule has 0 radical (unpaired) electrons. The van der Waals surface area contributed by atoms with E-state index in [-0.39, 0.29) is 18.3 Å². The lowest BCUT2D eigenvalue weighted by Gasteiger charge is -2.08. The highest BCUT2D eigenvalue weighted by Gasteiger charge is 2.08. The molecule has 6 nitrogen and oxygen atoms in total. The number of rotatable bonds is 8. The number of aromatic nitrogens is 1. The zero-order valence-electron chi connectivity index (χ0n) is 13.5. The van der Waals surface area contributed by atoms with Crippen molar-refractivity contribution in [2.45, 2.75) is 26.3 Å². The predicted molar refractivity (Wildman–Crippen MR) is 90.1 cm³/mol. The summed E-state index contributed by atoms with van der Waals surface area (Å²) in [5, 5.41) is 2.76. The Bertz CT molecular complexity index is 704. The summed E-state index contributed by atoms with van der Waals surface area (Å²) in [4.78, 5) is 34.5. The molecular weight excluding hydrogens is 308 g/mol. The Labute approximate surface area is 140 Å². The molecule has 0 saturated carbocycles. The Kier molecular flexibility index (Phi) is 6.31. The summed E-state index contributed by atoms with van der Waals surface area (Å²) < 4.78 is 6.76. The van der Waals surface area contributed by atoms with E-state index in [1.54, 1.807) is 47.2 Å². The van der Waals surface area contributed by atoms with E-state index in [1.807, 2.05) is 6.92 Å². The van der Waals surface area contributed by atoms with Crippen molar-refractivity contribution in [3.63, 3.8) is 0 Å². The highest BCUT2D eigenvalue weighted by atomic mass is 16.5. The van der Waals surface area contributed by atoms with E-state index in [0.717, 1.165) is 12.7 Å². The summed E-state index contributed by atoms with van der Waals surface area (Å²) in [6.45, 7) is 2.74. The van der Waals surface area contributed by atoms with E-state index < -0.39 is 0 Å². The molecule has 0 unspecified atom stereocenters. The second-order valence-electron chi connectivity index (χ2n) is 5.26. The maximum absolute atomic E-state index is 12.0. The van der Waals surface area contributed by atoms with Crippen LogP contribution in [0.5, 0.6) is 0 Å². The number of ether oxygens (including phenoxy) is 1. The minimum Gasteiger partial charge on any atom is -0.462 e. The number of esters is 1.